The number of aliphatic hydroxyl groups excluding tert-OH is 1. The molecule has 0 aromatic carbocycles. The van der Waals surface area contributed by atoms with E-state index in [0.717, 1.165) is 25.3 Å². The lowest BCUT2D eigenvalue weighted by Crippen LogP contribution is -2.58. The molecule has 0 unspecified atom stereocenters. The van der Waals surface area contributed by atoms with Crippen molar-refractivity contribution in [1.29, 1.82) is 0 Å². The van der Waals surface area contributed by atoms with Gasteiger partial charge < -0.3 is 15.5 Å². The fourth-order valence-corrected chi connectivity index (χ4v) is 2.65. The summed E-state index contributed by atoms with van der Waals surface area (Å²) >= 11 is 1.66. The Kier molecular flexibility index (Phi) is 4.02. The molecule has 1 aliphatic rings. The summed E-state index contributed by atoms with van der Waals surface area (Å²) in [7, 11) is 0. The topological polar surface area (TPSA) is 69.6 Å². The van der Waals surface area contributed by atoms with Crippen molar-refractivity contribution in [2.75, 3.05) is 25.4 Å². The molecule has 0 atom stereocenters. The normalized spacial score (nSPS) is 19.5. The molecule has 1 heterocycles. The molecule has 76 valence electrons. The lowest BCUT2D eigenvalue weighted by Gasteiger charge is -2.41. The van der Waals surface area contributed by atoms with E-state index in [2.05, 4.69) is 5.32 Å². The number of aliphatic carboxylic acids is 1. The van der Waals surface area contributed by atoms with Gasteiger partial charge >= 0.3 is 5.97 Å². The third-order valence-corrected chi connectivity index (χ3v) is 3.62. The van der Waals surface area contributed by atoms with Crippen LogP contribution in [0.4, 0.5) is 0 Å². The first kappa shape index (κ1) is 10.8. The smallest absolute Gasteiger partial charge is 0.304 e. The molecule has 0 aliphatic carbocycles. The molecular formula is C8H15NO3S. The lowest BCUT2D eigenvalue weighted by atomic mass is 9.98. The van der Waals surface area contributed by atoms with E-state index in [1.54, 1.807) is 11.8 Å². The van der Waals surface area contributed by atoms with Crippen LogP contribution in [-0.2, 0) is 4.79 Å². The Morgan fingerprint density at radius 1 is 1.54 bits per heavy atom. The van der Waals surface area contributed by atoms with Gasteiger partial charge in [-0.1, -0.05) is 0 Å². The fraction of sp³-hybridized carbons (Fsp3) is 0.875. The van der Waals surface area contributed by atoms with Crippen LogP contribution in [0.15, 0.2) is 0 Å². The fourth-order valence-electron chi connectivity index (χ4n) is 1.31. The van der Waals surface area contributed by atoms with Crippen LogP contribution in [0.3, 0.4) is 0 Å². The Hall–Kier alpha value is -0.260. The van der Waals surface area contributed by atoms with E-state index < -0.39 is 5.97 Å². The highest BCUT2D eigenvalue weighted by molar-refractivity contribution is 8.00. The van der Waals surface area contributed by atoms with Gasteiger partial charge in [-0.3, -0.25) is 4.79 Å². The van der Waals surface area contributed by atoms with Crippen molar-refractivity contribution in [3.8, 4) is 0 Å². The van der Waals surface area contributed by atoms with Crippen LogP contribution in [0.25, 0.3) is 0 Å². The molecule has 4 nitrogen and oxygen atoms in total. The second-order valence-electron chi connectivity index (χ2n) is 3.28. The van der Waals surface area contributed by atoms with Crippen molar-refractivity contribution in [2.24, 2.45) is 0 Å². The van der Waals surface area contributed by atoms with Crippen LogP contribution >= 0.6 is 11.8 Å². The number of rotatable bonds is 6. The first-order chi connectivity index (χ1) is 6.18. The summed E-state index contributed by atoms with van der Waals surface area (Å²) < 4.78 is -0.110. The first-order valence-electron chi connectivity index (χ1n) is 4.36. The number of thioether (sulfide) groups is 1. The number of carbonyl (C=O) groups is 1. The van der Waals surface area contributed by atoms with E-state index >= 15 is 0 Å². The third kappa shape index (κ3) is 3.17. The molecule has 5 heteroatoms. The predicted molar refractivity (Wildman–Crippen MR) is 52.0 cm³/mol. The average Bonchev–Trinajstić information content (AvgIpc) is 1.99. The van der Waals surface area contributed by atoms with Gasteiger partial charge in [-0.05, 0) is 12.2 Å². The van der Waals surface area contributed by atoms with E-state index in [9.17, 15) is 4.79 Å². The van der Waals surface area contributed by atoms with Crippen molar-refractivity contribution >= 4 is 17.7 Å². The van der Waals surface area contributed by atoms with Crippen LogP contribution in [-0.4, -0.2) is 46.4 Å². The van der Waals surface area contributed by atoms with Gasteiger partial charge in [0.1, 0.15) is 0 Å². The zero-order valence-electron chi connectivity index (χ0n) is 7.45. The van der Waals surface area contributed by atoms with Gasteiger partial charge in [0.05, 0.1) is 11.2 Å². The Morgan fingerprint density at radius 2 is 2.23 bits per heavy atom. The Bertz CT molecular complexity index is 182. The Morgan fingerprint density at radius 3 is 2.62 bits per heavy atom. The van der Waals surface area contributed by atoms with Crippen molar-refractivity contribution < 1.29 is 15.0 Å². The van der Waals surface area contributed by atoms with E-state index in [-0.39, 0.29) is 17.8 Å². The largest absolute Gasteiger partial charge is 0.481 e. The van der Waals surface area contributed by atoms with Crippen LogP contribution in [0, 0.1) is 0 Å². The van der Waals surface area contributed by atoms with Gasteiger partial charge in [-0.2, -0.15) is 11.8 Å². The predicted octanol–water partition coefficient (Wildman–Crippen LogP) is -0.0813. The number of carboxylic acid groups (broad SMARTS) is 1. The number of hydrogen-bond acceptors (Lipinski definition) is 4. The van der Waals surface area contributed by atoms with Crippen molar-refractivity contribution in [3.63, 3.8) is 0 Å². The summed E-state index contributed by atoms with van der Waals surface area (Å²) in [5, 5.41) is 20.4. The van der Waals surface area contributed by atoms with Gasteiger partial charge in [-0.15, -0.1) is 0 Å². The summed E-state index contributed by atoms with van der Waals surface area (Å²) in [5.41, 5.74) is 0. The van der Waals surface area contributed by atoms with E-state index in [1.807, 2.05) is 0 Å². The molecule has 1 aliphatic heterocycles. The van der Waals surface area contributed by atoms with Crippen molar-refractivity contribution in [3.05, 3.63) is 0 Å². The lowest BCUT2D eigenvalue weighted by molar-refractivity contribution is -0.138. The number of hydrogen-bond donors (Lipinski definition) is 3. The molecule has 0 radical (unpaired) electrons. The standard InChI is InChI=1S/C8H15NO3S/c10-2-1-3-13-8(4-7(11)12)5-9-6-8/h9-10H,1-6H2,(H,11,12). The molecule has 0 aromatic rings. The Labute approximate surface area is 81.7 Å². The summed E-state index contributed by atoms with van der Waals surface area (Å²) in [6.45, 7) is 1.73. The van der Waals surface area contributed by atoms with E-state index in [0.29, 0.717) is 0 Å². The minimum Gasteiger partial charge on any atom is -0.481 e. The van der Waals surface area contributed by atoms with Gasteiger partial charge in [0.15, 0.2) is 0 Å². The summed E-state index contributed by atoms with van der Waals surface area (Å²) in [4.78, 5) is 10.5. The molecule has 13 heavy (non-hydrogen) atoms. The molecule has 1 fully saturated rings. The number of nitrogens with one attached hydrogen (secondary N) is 1. The zero-order valence-corrected chi connectivity index (χ0v) is 8.27. The summed E-state index contributed by atoms with van der Waals surface area (Å²) in [6.07, 6.45) is 0.960. The molecule has 3 N–H and O–H groups in total. The zero-order chi connectivity index (χ0) is 9.73. The average molecular weight is 205 g/mol. The molecule has 0 saturated carbocycles. The maximum absolute atomic E-state index is 10.5. The number of carboxylic acids is 1. The summed E-state index contributed by atoms with van der Waals surface area (Å²) in [6, 6.07) is 0. The van der Waals surface area contributed by atoms with Gasteiger partial charge in [0.2, 0.25) is 0 Å². The second-order valence-corrected chi connectivity index (χ2v) is 4.85. The van der Waals surface area contributed by atoms with Crippen molar-refractivity contribution in [1.82, 2.24) is 5.32 Å². The SMILES string of the molecule is O=C(O)CC1(SCCCO)CNC1. The quantitative estimate of drug-likeness (QED) is 0.529. The molecule has 0 bridgehead atoms. The third-order valence-electron chi connectivity index (χ3n) is 2.08. The highest BCUT2D eigenvalue weighted by atomic mass is 32.2. The van der Waals surface area contributed by atoms with Crippen molar-refractivity contribution in [2.45, 2.75) is 17.6 Å². The van der Waals surface area contributed by atoms with E-state index in [1.165, 1.54) is 0 Å². The minimum absolute atomic E-state index is 0.110. The molecule has 0 amide bonds. The maximum atomic E-state index is 10.5. The van der Waals surface area contributed by atoms with E-state index in [4.69, 9.17) is 10.2 Å². The molecule has 0 aromatic heterocycles. The van der Waals surface area contributed by atoms with Gasteiger partial charge in [-0.25, -0.2) is 0 Å². The van der Waals surface area contributed by atoms with Crippen LogP contribution in [0.1, 0.15) is 12.8 Å². The van der Waals surface area contributed by atoms with Gasteiger partial charge in [0, 0.05) is 19.7 Å². The maximum Gasteiger partial charge on any atom is 0.304 e. The first-order valence-corrected chi connectivity index (χ1v) is 5.34. The van der Waals surface area contributed by atoms with Crippen LogP contribution in [0.5, 0.6) is 0 Å². The molecular weight excluding hydrogens is 190 g/mol. The molecule has 1 rings (SSSR count). The Balaban J connectivity index is 2.27. The molecule has 1 saturated heterocycles. The van der Waals surface area contributed by atoms with Gasteiger partial charge in [0.25, 0.3) is 0 Å². The summed E-state index contributed by atoms with van der Waals surface area (Å²) in [5.74, 6) is 0.101. The monoisotopic (exact) mass is 205 g/mol. The van der Waals surface area contributed by atoms with Crippen LogP contribution < -0.4 is 5.32 Å². The van der Waals surface area contributed by atoms with Crippen LogP contribution in [0.2, 0.25) is 0 Å². The second kappa shape index (κ2) is 4.83. The molecule has 0 spiro atoms. The minimum atomic E-state index is -0.738. The highest BCUT2D eigenvalue weighted by Gasteiger charge is 2.39. The highest BCUT2D eigenvalue weighted by Crippen LogP contribution is 2.33. The number of aliphatic hydroxyl groups is 1.